The van der Waals surface area contributed by atoms with Crippen molar-refractivity contribution in [3.05, 3.63) is 245 Å². The second kappa shape index (κ2) is 16.2. The van der Waals surface area contributed by atoms with E-state index in [0.29, 0.717) is 11.8 Å². The molecule has 1 aromatic heterocycles. The number of para-hydroxylation sites is 3. The minimum atomic E-state index is -0.203. The number of aromatic nitrogens is 1. The van der Waals surface area contributed by atoms with Gasteiger partial charge in [0.1, 0.15) is 0 Å². The maximum absolute atomic E-state index is 2.64. The van der Waals surface area contributed by atoms with Gasteiger partial charge in [-0.2, -0.15) is 0 Å². The zero-order valence-electron chi connectivity index (χ0n) is 41.1. The lowest BCUT2D eigenvalue weighted by atomic mass is 9.60. The van der Waals surface area contributed by atoms with Crippen LogP contribution in [-0.2, 0) is 23.7 Å². The van der Waals surface area contributed by atoms with Gasteiger partial charge in [0.15, 0.2) is 0 Å². The van der Waals surface area contributed by atoms with E-state index < -0.39 is 0 Å². The van der Waals surface area contributed by atoms with E-state index in [4.69, 9.17) is 0 Å². The van der Waals surface area contributed by atoms with Crippen molar-refractivity contribution in [2.24, 2.45) is 11.8 Å². The van der Waals surface area contributed by atoms with Crippen LogP contribution >= 0.6 is 0 Å². The van der Waals surface area contributed by atoms with E-state index in [0.717, 1.165) is 12.8 Å². The van der Waals surface area contributed by atoms with Crippen LogP contribution < -0.4 is 9.80 Å². The molecule has 0 saturated heterocycles. The smallest absolute Gasteiger partial charge is 0.0561 e. The normalized spacial score (nSPS) is 19.3. The summed E-state index contributed by atoms with van der Waals surface area (Å²) in [5.41, 5.74) is 23.6. The fourth-order valence-electron chi connectivity index (χ4n) is 14.5. The van der Waals surface area contributed by atoms with E-state index in [1.54, 1.807) is 11.1 Å². The molecule has 1 fully saturated rings. The molecule has 4 aliphatic rings. The molecule has 3 heteroatoms. The number of aryl methyl sites for hydroxylation is 1. The standard InChI is InChI=1S/C68H59N3/c1-45-33-35-52(36-34-45)71-61-30-16-14-28-57(61)58-40-38-54(44-64(58)71)70(51-25-11-6-12-26-51)63-32-18-20-47-42-49-22-8-4-7-21-48-41-46-19-17-31-62(65(46)68(48,49)66(47)63)69(50-23-9-5-10-24-50)53-37-39-56-55-27-13-15-29-59(55)67(2,3)60(56)43-53/h5-6,9-20,23-40,43-44,48-49H,4,7-8,21-22,41-42H2,1-3H3. The maximum Gasteiger partial charge on any atom is 0.0561 e. The van der Waals surface area contributed by atoms with E-state index in [2.05, 4.69) is 241 Å². The molecule has 346 valence electrons. The van der Waals surface area contributed by atoms with Gasteiger partial charge in [0, 0.05) is 50.0 Å². The molecule has 0 aliphatic heterocycles. The van der Waals surface area contributed by atoms with Crippen molar-refractivity contribution in [2.75, 3.05) is 9.80 Å². The van der Waals surface area contributed by atoms with Gasteiger partial charge < -0.3 is 14.4 Å². The predicted octanol–water partition coefficient (Wildman–Crippen LogP) is 17.9. The van der Waals surface area contributed by atoms with Crippen molar-refractivity contribution in [1.82, 2.24) is 4.57 Å². The zero-order valence-corrected chi connectivity index (χ0v) is 41.1. The molecule has 9 aromatic carbocycles. The Kier molecular flexibility index (Phi) is 9.66. The van der Waals surface area contributed by atoms with Crippen molar-refractivity contribution < 1.29 is 0 Å². The third kappa shape index (κ3) is 6.27. The first-order valence-corrected chi connectivity index (χ1v) is 26.2. The van der Waals surface area contributed by atoms with Crippen molar-refractivity contribution in [1.29, 1.82) is 0 Å². The number of hydrogen-bond acceptors (Lipinski definition) is 2. The van der Waals surface area contributed by atoms with Crippen molar-refractivity contribution in [3.63, 3.8) is 0 Å². The molecule has 1 heterocycles. The van der Waals surface area contributed by atoms with Crippen LogP contribution in [0.2, 0.25) is 0 Å². The second-order valence-corrected chi connectivity index (χ2v) is 21.6. The lowest BCUT2D eigenvalue weighted by molar-refractivity contribution is 0.205. The van der Waals surface area contributed by atoms with E-state index in [1.807, 2.05) is 0 Å². The summed E-state index contributed by atoms with van der Waals surface area (Å²) < 4.78 is 2.47. The number of rotatable bonds is 7. The molecule has 0 amide bonds. The largest absolute Gasteiger partial charge is 0.310 e. The number of hydrogen-bond donors (Lipinski definition) is 0. The van der Waals surface area contributed by atoms with Crippen LogP contribution in [0.15, 0.2) is 206 Å². The van der Waals surface area contributed by atoms with Gasteiger partial charge in [0.25, 0.3) is 0 Å². The van der Waals surface area contributed by atoms with Crippen LogP contribution in [0.4, 0.5) is 34.1 Å². The summed E-state index contributed by atoms with van der Waals surface area (Å²) in [6, 6.07) is 78.7. The van der Waals surface area contributed by atoms with E-state index >= 15 is 0 Å². The molecule has 71 heavy (non-hydrogen) atoms. The third-order valence-electron chi connectivity index (χ3n) is 17.5. The first-order chi connectivity index (χ1) is 34.9. The monoisotopic (exact) mass is 917 g/mol. The molecule has 1 spiro atoms. The summed E-state index contributed by atoms with van der Waals surface area (Å²) in [5.74, 6) is 0.947. The molecular formula is C68H59N3. The number of nitrogens with zero attached hydrogens (tertiary/aromatic N) is 3. The lowest BCUT2D eigenvalue weighted by Crippen LogP contribution is -2.40. The average Bonchev–Trinajstić information content (AvgIpc) is 4.09. The topological polar surface area (TPSA) is 11.4 Å². The molecule has 0 bridgehead atoms. The molecule has 1 saturated carbocycles. The minimum absolute atomic E-state index is 0.116. The Morgan fingerprint density at radius 2 is 0.986 bits per heavy atom. The van der Waals surface area contributed by atoms with Gasteiger partial charge in [0.05, 0.1) is 22.4 Å². The van der Waals surface area contributed by atoms with Crippen LogP contribution in [-0.4, -0.2) is 4.57 Å². The zero-order chi connectivity index (χ0) is 47.4. The van der Waals surface area contributed by atoms with Gasteiger partial charge in [-0.25, -0.2) is 0 Å². The van der Waals surface area contributed by atoms with Crippen molar-refractivity contribution in [3.8, 4) is 16.8 Å². The fraction of sp³-hybridized carbons (Fsp3) is 0.206. The third-order valence-corrected chi connectivity index (χ3v) is 17.5. The Hall–Kier alpha value is -7.62. The highest BCUT2D eigenvalue weighted by Crippen LogP contribution is 2.66. The summed E-state index contributed by atoms with van der Waals surface area (Å²) in [7, 11) is 0. The molecule has 4 aliphatic carbocycles. The quantitative estimate of drug-likeness (QED) is 0.158. The van der Waals surface area contributed by atoms with E-state index in [9.17, 15) is 0 Å². The van der Waals surface area contributed by atoms with Crippen LogP contribution in [0.25, 0.3) is 38.6 Å². The van der Waals surface area contributed by atoms with Gasteiger partial charge in [-0.3, -0.25) is 0 Å². The molecule has 0 N–H and O–H groups in total. The van der Waals surface area contributed by atoms with Crippen LogP contribution in [0.3, 0.4) is 0 Å². The van der Waals surface area contributed by atoms with Crippen molar-refractivity contribution >= 4 is 55.9 Å². The molecule has 0 radical (unpaired) electrons. The Morgan fingerprint density at radius 3 is 1.65 bits per heavy atom. The summed E-state index contributed by atoms with van der Waals surface area (Å²) in [6.07, 6.45) is 8.48. The predicted molar refractivity (Wildman–Crippen MR) is 297 cm³/mol. The summed E-state index contributed by atoms with van der Waals surface area (Å²) in [5, 5.41) is 2.54. The molecule has 3 unspecified atom stereocenters. The maximum atomic E-state index is 2.64. The fourth-order valence-corrected chi connectivity index (χ4v) is 14.5. The van der Waals surface area contributed by atoms with Crippen LogP contribution in [0.5, 0.6) is 0 Å². The lowest BCUT2D eigenvalue weighted by Gasteiger charge is -2.45. The molecular weight excluding hydrogens is 859 g/mol. The summed E-state index contributed by atoms with van der Waals surface area (Å²) in [6.45, 7) is 6.99. The number of benzene rings is 9. The SMILES string of the molecule is Cc1ccc(-n2c3ccccc3c3ccc(N(c4ccccc4)c4cccc5c4C46c7c(cccc7N(c7ccccc7)c7ccc8c(c7)C(C)(C)c7ccccc7-8)CC4CCCCCC6C5)cc32)cc1. The Morgan fingerprint density at radius 1 is 0.437 bits per heavy atom. The highest BCUT2D eigenvalue weighted by Gasteiger charge is 2.59. The molecule has 3 nitrogen and oxygen atoms in total. The summed E-state index contributed by atoms with van der Waals surface area (Å²) in [4.78, 5) is 5.26. The molecule has 3 atom stereocenters. The summed E-state index contributed by atoms with van der Waals surface area (Å²) >= 11 is 0. The van der Waals surface area contributed by atoms with Crippen LogP contribution in [0, 0.1) is 18.8 Å². The first kappa shape index (κ1) is 42.3. The van der Waals surface area contributed by atoms with Gasteiger partial charge in [-0.15, -0.1) is 0 Å². The van der Waals surface area contributed by atoms with E-state index in [1.165, 1.54) is 133 Å². The van der Waals surface area contributed by atoms with E-state index in [-0.39, 0.29) is 10.8 Å². The first-order valence-electron chi connectivity index (χ1n) is 26.2. The number of fused-ring (bicyclic) bond motifs is 8. The second-order valence-electron chi connectivity index (χ2n) is 21.6. The average molecular weight is 918 g/mol. The Labute approximate surface area is 418 Å². The van der Waals surface area contributed by atoms with Crippen molar-refractivity contribution in [2.45, 2.75) is 76.5 Å². The Balaban J connectivity index is 1.02. The molecule has 10 aromatic rings. The van der Waals surface area contributed by atoms with Gasteiger partial charge >= 0.3 is 0 Å². The number of anilines is 6. The highest BCUT2D eigenvalue weighted by molar-refractivity contribution is 6.10. The minimum Gasteiger partial charge on any atom is -0.310 e. The van der Waals surface area contributed by atoms with Gasteiger partial charge in [-0.05, 0) is 168 Å². The Bertz CT molecular complexity index is 3680. The molecule has 14 rings (SSSR count). The highest BCUT2D eigenvalue weighted by atomic mass is 15.2. The van der Waals surface area contributed by atoms with Gasteiger partial charge in [-0.1, -0.05) is 166 Å². The van der Waals surface area contributed by atoms with Crippen LogP contribution in [0.1, 0.15) is 84.9 Å². The van der Waals surface area contributed by atoms with Gasteiger partial charge in [0.2, 0.25) is 0 Å².